The van der Waals surface area contributed by atoms with Gasteiger partial charge in [0.05, 0.1) is 6.61 Å². The third kappa shape index (κ3) is 11.1. The summed E-state index contributed by atoms with van der Waals surface area (Å²) < 4.78 is 5.89. The van der Waals surface area contributed by atoms with Gasteiger partial charge in [-0.05, 0) is 68.4 Å². The summed E-state index contributed by atoms with van der Waals surface area (Å²) in [7, 11) is 0. The van der Waals surface area contributed by atoms with Crippen LogP contribution in [-0.4, -0.2) is 16.6 Å². The Kier molecular flexibility index (Phi) is 13.4. The molecule has 0 radical (unpaired) electrons. The van der Waals surface area contributed by atoms with Crippen molar-refractivity contribution in [1.29, 1.82) is 0 Å². The maximum atomic E-state index is 5.89. The van der Waals surface area contributed by atoms with E-state index < -0.39 is 0 Å². The van der Waals surface area contributed by atoms with Crippen molar-refractivity contribution in [3.8, 4) is 17.1 Å². The van der Waals surface area contributed by atoms with Gasteiger partial charge < -0.3 is 4.74 Å². The molecule has 0 aliphatic carbocycles. The van der Waals surface area contributed by atoms with Crippen LogP contribution < -0.4 is 4.74 Å². The summed E-state index contributed by atoms with van der Waals surface area (Å²) in [5.41, 5.74) is 2.27. The van der Waals surface area contributed by atoms with Crippen LogP contribution in [0.2, 0.25) is 0 Å². The van der Waals surface area contributed by atoms with Crippen molar-refractivity contribution in [3.05, 3.63) is 54.4 Å². The summed E-state index contributed by atoms with van der Waals surface area (Å²) in [5.74, 6) is 1.71. The fourth-order valence-electron chi connectivity index (χ4n) is 3.58. The number of hydrogen-bond donors (Lipinski definition) is 0. The highest BCUT2D eigenvalue weighted by Crippen LogP contribution is 2.20. The second kappa shape index (κ2) is 16.5. The molecule has 31 heavy (non-hydrogen) atoms. The molecule has 0 unspecified atom stereocenters. The lowest BCUT2D eigenvalue weighted by Gasteiger charge is -2.07. The zero-order chi connectivity index (χ0) is 22.0. The lowest BCUT2D eigenvalue weighted by atomic mass is 10.1. The van der Waals surface area contributed by atoms with Gasteiger partial charge in [0, 0.05) is 18.0 Å². The molecule has 0 amide bonds. The van der Waals surface area contributed by atoms with E-state index >= 15 is 0 Å². The number of allylic oxidation sites excluding steroid dienone is 2. The normalized spacial score (nSPS) is 11.3. The Balaban J connectivity index is 1.62. The summed E-state index contributed by atoms with van der Waals surface area (Å²) in [5, 5.41) is 0. The molecule has 0 N–H and O–H groups in total. The van der Waals surface area contributed by atoms with Gasteiger partial charge in [-0.1, -0.05) is 70.9 Å². The summed E-state index contributed by atoms with van der Waals surface area (Å²) >= 11 is 0. The quantitative estimate of drug-likeness (QED) is 0.190. The summed E-state index contributed by atoms with van der Waals surface area (Å²) in [6, 6.07) is 8.16. The van der Waals surface area contributed by atoms with Crippen LogP contribution in [0.15, 0.2) is 48.8 Å². The van der Waals surface area contributed by atoms with Gasteiger partial charge >= 0.3 is 0 Å². The van der Waals surface area contributed by atoms with E-state index in [2.05, 4.69) is 48.1 Å². The maximum absolute atomic E-state index is 5.89. The third-order valence-electron chi connectivity index (χ3n) is 5.54. The molecule has 0 atom stereocenters. The monoisotopic (exact) mass is 422 g/mol. The molecule has 3 nitrogen and oxygen atoms in total. The van der Waals surface area contributed by atoms with Crippen LogP contribution in [0, 0.1) is 0 Å². The minimum Gasteiger partial charge on any atom is -0.494 e. The highest BCUT2D eigenvalue weighted by Gasteiger charge is 2.03. The standard InChI is InChI=1S/C28H42N2O/c1-3-5-7-9-10-11-12-14-16-22-31-27-20-18-26(19-21-27)28-29-23-25(24-30-28)17-15-13-8-6-4-2/h7,9,18-21,23-24H,3-6,8,10-17,22H2,1-2H3/b9-7-. The molecule has 0 saturated carbocycles. The smallest absolute Gasteiger partial charge is 0.159 e. The number of unbranched alkanes of at least 4 members (excludes halogenated alkanes) is 9. The van der Waals surface area contributed by atoms with Crippen LogP contribution in [0.1, 0.15) is 96.5 Å². The predicted octanol–water partition coefficient (Wildman–Crippen LogP) is 8.34. The van der Waals surface area contributed by atoms with Gasteiger partial charge in [0.1, 0.15) is 5.75 Å². The summed E-state index contributed by atoms with van der Waals surface area (Å²) in [6.07, 6.45) is 24.7. The van der Waals surface area contributed by atoms with Gasteiger partial charge in [-0.15, -0.1) is 0 Å². The maximum Gasteiger partial charge on any atom is 0.159 e. The Bertz CT molecular complexity index is 707. The van der Waals surface area contributed by atoms with Crippen LogP contribution in [0.4, 0.5) is 0 Å². The van der Waals surface area contributed by atoms with Crippen molar-refractivity contribution < 1.29 is 4.74 Å². The molecule has 0 aliphatic rings. The number of ether oxygens (including phenoxy) is 1. The first kappa shape index (κ1) is 25.1. The molecule has 2 aromatic rings. The topological polar surface area (TPSA) is 35.0 Å². The van der Waals surface area contributed by atoms with Crippen LogP contribution in [-0.2, 0) is 6.42 Å². The molecular weight excluding hydrogens is 380 g/mol. The molecule has 0 bridgehead atoms. The van der Waals surface area contributed by atoms with Crippen LogP contribution in [0.25, 0.3) is 11.4 Å². The lowest BCUT2D eigenvalue weighted by molar-refractivity contribution is 0.305. The van der Waals surface area contributed by atoms with Crippen LogP contribution >= 0.6 is 0 Å². The van der Waals surface area contributed by atoms with Crippen molar-refractivity contribution in [2.45, 2.75) is 97.3 Å². The van der Waals surface area contributed by atoms with Crippen molar-refractivity contribution in [2.24, 2.45) is 0 Å². The van der Waals surface area contributed by atoms with Crippen molar-refractivity contribution in [3.63, 3.8) is 0 Å². The second-order valence-electron chi connectivity index (χ2n) is 8.41. The number of rotatable bonds is 17. The first-order valence-electron chi connectivity index (χ1n) is 12.5. The van der Waals surface area contributed by atoms with E-state index in [4.69, 9.17) is 4.74 Å². The molecule has 1 aromatic carbocycles. The molecule has 0 fully saturated rings. The minimum atomic E-state index is 0.786. The zero-order valence-corrected chi connectivity index (χ0v) is 19.8. The Morgan fingerprint density at radius 1 is 0.710 bits per heavy atom. The van der Waals surface area contributed by atoms with Gasteiger partial charge in [0.2, 0.25) is 0 Å². The predicted molar refractivity (Wildman–Crippen MR) is 133 cm³/mol. The first-order chi connectivity index (χ1) is 15.3. The van der Waals surface area contributed by atoms with Crippen LogP contribution in [0.3, 0.4) is 0 Å². The number of aromatic nitrogens is 2. The average Bonchev–Trinajstić information content (AvgIpc) is 2.81. The minimum absolute atomic E-state index is 0.786. The van der Waals surface area contributed by atoms with Crippen LogP contribution in [0.5, 0.6) is 5.75 Å². The van der Waals surface area contributed by atoms with Gasteiger partial charge in [0.25, 0.3) is 0 Å². The molecule has 2 rings (SSSR count). The Morgan fingerprint density at radius 3 is 2.13 bits per heavy atom. The first-order valence-corrected chi connectivity index (χ1v) is 12.5. The summed E-state index contributed by atoms with van der Waals surface area (Å²) in [4.78, 5) is 9.13. The van der Waals surface area contributed by atoms with E-state index in [-0.39, 0.29) is 0 Å². The van der Waals surface area contributed by atoms with Gasteiger partial charge in [-0.3, -0.25) is 0 Å². The third-order valence-corrected chi connectivity index (χ3v) is 5.54. The Morgan fingerprint density at radius 2 is 1.39 bits per heavy atom. The van der Waals surface area contributed by atoms with E-state index in [1.807, 2.05) is 24.5 Å². The molecule has 1 aromatic heterocycles. The molecule has 0 saturated heterocycles. The fraction of sp³-hybridized carbons (Fsp3) is 0.571. The highest BCUT2D eigenvalue weighted by atomic mass is 16.5. The number of hydrogen-bond acceptors (Lipinski definition) is 3. The SMILES string of the molecule is CCC/C=C\CCCCCCOc1ccc(-c2ncc(CCCCCCC)cn2)cc1. The molecule has 0 aliphatic heterocycles. The van der Waals surface area contributed by atoms with Gasteiger partial charge in [-0.25, -0.2) is 9.97 Å². The van der Waals surface area contributed by atoms with Crippen molar-refractivity contribution in [2.75, 3.05) is 6.61 Å². The number of aryl methyl sites for hydroxylation is 1. The van der Waals surface area contributed by atoms with E-state index in [0.717, 1.165) is 36.6 Å². The van der Waals surface area contributed by atoms with Gasteiger partial charge in [-0.2, -0.15) is 0 Å². The van der Waals surface area contributed by atoms with E-state index in [9.17, 15) is 0 Å². The second-order valence-corrected chi connectivity index (χ2v) is 8.41. The molecular formula is C28H42N2O. The highest BCUT2D eigenvalue weighted by molar-refractivity contribution is 5.55. The van der Waals surface area contributed by atoms with Gasteiger partial charge in [0.15, 0.2) is 5.82 Å². The summed E-state index contributed by atoms with van der Waals surface area (Å²) in [6.45, 7) is 5.26. The lowest BCUT2D eigenvalue weighted by Crippen LogP contribution is -1.97. The molecule has 1 heterocycles. The molecule has 3 heteroatoms. The number of benzene rings is 1. The van der Waals surface area contributed by atoms with E-state index in [0.29, 0.717) is 0 Å². The average molecular weight is 423 g/mol. The van der Waals surface area contributed by atoms with Crippen molar-refractivity contribution in [1.82, 2.24) is 9.97 Å². The van der Waals surface area contributed by atoms with E-state index in [1.54, 1.807) is 0 Å². The largest absolute Gasteiger partial charge is 0.494 e. The zero-order valence-electron chi connectivity index (χ0n) is 19.8. The van der Waals surface area contributed by atoms with Crippen molar-refractivity contribution >= 4 is 0 Å². The Labute approximate surface area is 190 Å². The molecule has 170 valence electrons. The number of nitrogens with zero attached hydrogens (tertiary/aromatic N) is 2. The van der Waals surface area contributed by atoms with E-state index in [1.165, 1.54) is 76.2 Å². The molecule has 0 spiro atoms. The Hall–Kier alpha value is -2.16. The fourth-order valence-corrected chi connectivity index (χ4v) is 3.58.